The van der Waals surface area contributed by atoms with Crippen molar-refractivity contribution in [3.05, 3.63) is 22.8 Å². The summed E-state index contributed by atoms with van der Waals surface area (Å²) in [5, 5.41) is 9.49. The van der Waals surface area contributed by atoms with Crippen LogP contribution in [0.25, 0.3) is 0 Å². The molecule has 0 amide bonds. The Hall–Kier alpha value is -2.29. The molecule has 0 radical (unpaired) electrons. The molecule has 1 atom stereocenters. The summed E-state index contributed by atoms with van der Waals surface area (Å²) in [5.74, 6) is -0.888. The molecule has 0 fully saturated rings. The first-order valence-corrected chi connectivity index (χ1v) is 7.04. The van der Waals surface area contributed by atoms with Crippen molar-refractivity contribution in [3.63, 3.8) is 0 Å². The number of hydrogen-bond donors (Lipinski definition) is 1. The average molecular weight is 348 g/mol. The molecule has 0 aromatic heterocycles. The zero-order chi connectivity index (χ0) is 17.9. The number of ether oxygens (including phenoxy) is 3. The first-order chi connectivity index (χ1) is 11.3. The second-order valence-corrected chi connectivity index (χ2v) is 5.10. The molecule has 6 nitrogen and oxygen atoms in total. The minimum absolute atomic E-state index is 0.00217. The number of aliphatic hydroxyl groups is 1. The van der Waals surface area contributed by atoms with Crippen LogP contribution in [0.4, 0.5) is 13.2 Å². The molecule has 1 heterocycles. The Kier molecular flexibility index (Phi) is 5.33. The van der Waals surface area contributed by atoms with Gasteiger partial charge < -0.3 is 19.3 Å². The summed E-state index contributed by atoms with van der Waals surface area (Å²) in [7, 11) is 1.26. The number of alkyl halides is 3. The molecule has 0 aliphatic carbocycles. The average Bonchev–Trinajstić information content (AvgIpc) is 2.49. The van der Waals surface area contributed by atoms with Gasteiger partial charge in [-0.25, -0.2) is 4.79 Å². The number of fused-ring (bicyclic) bond motifs is 1. The molecule has 1 aliphatic heterocycles. The van der Waals surface area contributed by atoms with E-state index in [1.165, 1.54) is 13.2 Å². The van der Waals surface area contributed by atoms with Gasteiger partial charge in [0, 0.05) is 12.8 Å². The second-order valence-electron chi connectivity index (χ2n) is 5.10. The minimum Gasteiger partial charge on any atom is -0.492 e. The number of halogens is 3. The highest BCUT2D eigenvalue weighted by Crippen LogP contribution is 2.38. The van der Waals surface area contributed by atoms with Crippen molar-refractivity contribution in [2.24, 2.45) is 0 Å². The Labute approximate surface area is 135 Å². The lowest BCUT2D eigenvalue weighted by Gasteiger charge is -2.24. The number of hydrogen-bond acceptors (Lipinski definition) is 6. The first kappa shape index (κ1) is 18.1. The van der Waals surface area contributed by atoms with E-state index in [9.17, 15) is 27.9 Å². The fourth-order valence-corrected chi connectivity index (χ4v) is 2.40. The zero-order valence-corrected chi connectivity index (χ0v) is 12.7. The van der Waals surface area contributed by atoms with E-state index >= 15 is 0 Å². The Morgan fingerprint density at radius 2 is 2.17 bits per heavy atom. The lowest BCUT2D eigenvalue weighted by molar-refractivity contribution is -0.136. The highest BCUT2D eigenvalue weighted by Gasteiger charge is 2.31. The summed E-state index contributed by atoms with van der Waals surface area (Å²) in [6.07, 6.45) is -6.65. The molecule has 1 N–H and O–H groups in total. The van der Waals surface area contributed by atoms with Crippen molar-refractivity contribution in [3.8, 4) is 11.5 Å². The number of benzene rings is 1. The number of aldehydes is 1. The molecule has 132 valence electrons. The number of aliphatic hydroxyl groups excluding tert-OH is 1. The molecular formula is C15H15F3O6. The molecule has 9 heteroatoms. The standard InChI is InChI=1S/C15H15F3O6/c1-22-13-10(7-19)8-6-12(20)24-14(21)9(8)5-11(13)23-4-2-3-15(16,17)18/h5,7,12,20H,2-4,6H2,1H3. The Bertz CT molecular complexity index is 641. The maximum absolute atomic E-state index is 12.1. The van der Waals surface area contributed by atoms with Gasteiger partial charge in [-0.1, -0.05) is 0 Å². The van der Waals surface area contributed by atoms with Gasteiger partial charge in [-0.05, 0) is 18.1 Å². The highest BCUT2D eigenvalue weighted by atomic mass is 19.4. The normalized spacial score (nSPS) is 17.0. The lowest BCUT2D eigenvalue weighted by atomic mass is 9.95. The Balaban J connectivity index is 2.30. The van der Waals surface area contributed by atoms with Gasteiger partial charge in [0.2, 0.25) is 6.29 Å². The van der Waals surface area contributed by atoms with E-state index in [1.54, 1.807) is 0 Å². The summed E-state index contributed by atoms with van der Waals surface area (Å²) in [5.41, 5.74) is 0.249. The number of esters is 1. The van der Waals surface area contributed by atoms with E-state index < -0.39 is 24.9 Å². The predicted octanol–water partition coefficient (Wildman–Crippen LogP) is 2.26. The van der Waals surface area contributed by atoms with Crippen molar-refractivity contribution in [2.45, 2.75) is 31.7 Å². The molecule has 0 saturated heterocycles. The van der Waals surface area contributed by atoms with Crippen LogP contribution in [-0.4, -0.2) is 43.5 Å². The van der Waals surface area contributed by atoms with Crippen molar-refractivity contribution in [1.82, 2.24) is 0 Å². The predicted molar refractivity (Wildman–Crippen MR) is 74.3 cm³/mol. The van der Waals surface area contributed by atoms with E-state index in [0.717, 1.165) is 0 Å². The maximum atomic E-state index is 12.1. The molecule has 1 unspecified atom stereocenters. The second kappa shape index (κ2) is 7.08. The van der Waals surface area contributed by atoms with Gasteiger partial charge in [0.15, 0.2) is 17.8 Å². The van der Waals surface area contributed by atoms with E-state index in [1.807, 2.05) is 0 Å². The fraction of sp³-hybridized carbons (Fsp3) is 0.467. The minimum atomic E-state index is -4.29. The number of rotatable bonds is 6. The van der Waals surface area contributed by atoms with Crippen LogP contribution >= 0.6 is 0 Å². The van der Waals surface area contributed by atoms with Gasteiger partial charge in [0.1, 0.15) is 0 Å². The Morgan fingerprint density at radius 3 is 2.75 bits per heavy atom. The summed E-state index contributed by atoms with van der Waals surface area (Å²) in [4.78, 5) is 23.2. The maximum Gasteiger partial charge on any atom is 0.389 e. The summed E-state index contributed by atoms with van der Waals surface area (Å²) >= 11 is 0. The first-order valence-electron chi connectivity index (χ1n) is 7.04. The topological polar surface area (TPSA) is 82.1 Å². The molecular weight excluding hydrogens is 333 g/mol. The molecule has 1 aliphatic rings. The molecule has 1 aromatic carbocycles. The van der Waals surface area contributed by atoms with Gasteiger partial charge >= 0.3 is 12.1 Å². The lowest BCUT2D eigenvalue weighted by Crippen LogP contribution is -2.28. The summed E-state index contributed by atoms with van der Waals surface area (Å²) < 4.78 is 51.5. The van der Waals surface area contributed by atoms with Crippen LogP contribution in [0, 0.1) is 0 Å². The van der Waals surface area contributed by atoms with Crippen LogP contribution in [0.3, 0.4) is 0 Å². The van der Waals surface area contributed by atoms with Crippen molar-refractivity contribution in [2.75, 3.05) is 13.7 Å². The van der Waals surface area contributed by atoms with Gasteiger partial charge in [-0.15, -0.1) is 0 Å². The van der Waals surface area contributed by atoms with Gasteiger partial charge in [-0.2, -0.15) is 13.2 Å². The van der Waals surface area contributed by atoms with Crippen LogP contribution in [-0.2, 0) is 11.2 Å². The summed E-state index contributed by atoms with van der Waals surface area (Å²) in [6, 6.07) is 1.24. The van der Waals surface area contributed by atoms with E-state index in [2.05, 4.69) is 4.74 Å². The fourth-order valence-electron chi connectivity index (χ4n) is 2.40. The molecule has 2 rings (SSSR count). The molecule has 0 bridgehead atoms. The van der Waals surface area contributed by atoms with Gasteiger partial charge in [-0.3, -0.25) is 4.79 Å². The number of carbonyl (C=O) groups excluding carboxylic acids is 2. The number of carbonyl (C=O) groups is 2. The van der Waals surface area contributed by atoms with Crippen LogP contribution in [0.15, 0.2) is 6.07 Å². The molecule has 0 spiro atoms. The molecule has 0 saturated carbocycles. The molecule has 24 heavy (non-hydrogen) atoms. The largest absolute Gasteiger partial charge is 0.492 e. The number of methoxy groups -OCH3 is 1. The van der Waals surface area contributed by atoms with Crippen LogP contribution in [0.2, 0.25) is 0 Å². The third-order valence-electron chi connectivity index (χ3n) is 3.42. The monoisotopic (exact) mass is 348 g/mol. The van der Waals surface area contributed by atoms with E-state index in [-0.39, 0.29) is 47.6 Å². The Morgan fingerprint density at radius 1 is 1.46 bits per heavy atom. The third-order valence-corrected chi connectivity index (χ3v) is 3.42. The van der Waals surface area contributed by atoms with Crippen LogP contribution in [0.1, 0.15) is 39.1 Å². The van der Waals surface area contributed by atoms with Crippen LogP contribution in [0.5, 0.6) is 11.5 Å². The van der Waals surface area contributed by atoms with Crippen molar-refractivity contribution < 1.29 is 42.1 Å². The molecule has 1 aromatic rings. The van der Waals surface area contributed by atoms with E-state index in [4.69, 9.17) is 9.47 Å². The van der Waals surface area contributed by atoms with Gasteiger partial charge in [0.25, 0.3) is 0 Å². The quantitative estimate of drug-likeness (QED) is 0.482. The van der Waals surface area contributed by atoms with E-state index in [0.29, 0.717) is 6.29 Å². The third kappa shape index (κ3) is 3.97. The van der Waals surface area contributed by atoms with Crippen LogP contribution < -0.4 is 9.47 Å². The van der Waals surface area contributed by atoms with Gasteiger partial charge in [0.05, 0.1) is 24.8 Å². The smallest absolute Gasteiger partial charge is 0.389 e. The zero-order valence-electron chi connectivity index (χ0n) is 12.7. The summed E-state index contributed by atoms with van der Waals surface area (Å²) in [6.45, 7) is -0.273. The highest BCUT2D eigenvalue weighted by molar-refractivity contribution is 5.97. The van der Waals surface area contributed by atoms with Crippen molar-refractivity contribution >= 4 is 12.3 Å². The SMILES string of the molecule is COc1c(OCCCC(F)(F)F)cc2c(c1C=O)CC(O)OC2=O. The van der Waals surface area contributed by atoms with Crippen molar-refractivity contribution in [1.29, 1.82) is 0 Å². The number of cyclic esters (lactones) is 1.